The average Bonchev–Trinajstić information content (AvgIpc) is 2.95. The van der Waals surface area contributed by atoms with Crippen LogP contribution in [0.3, 0.4) is 0 Å². The first kappa shape index (κ1) is 15.7. The molecule has 1 unspecified atom stereocenters. The SMILES string of the molecule is Cc1ccc(NC(=O)CNC2(CO)CCc3ccccc32)cc1. The molecule has 3 N–H and O–H groups in total. The van der Waals surface area contributed by atoms with E-state index >= 15 is 0 Å². The Labute approximate surface area is 136 Å². The van der Waals surface area contributed by atoms with Gasteiger partial charge in [0.2, 0.25) is 5.91 Å². The number of fused-ring (bicyclic) bond motifs is 1. The van der Waals surface area contributed by atoms with E-state index in [1.54, 1.807) is 0 Å². The van der Waals surface area contributed by atoms with E-state index in [-0.39, 0.29) is 19.1 Å². The van der Waals surface area contributed by atoms with Crippen LogP contribution in [0.15, 0.2) is 48.5 Å². The Balaban J connectivity index is 1.65. The number of benzene rings is 2. The van der Waals surface area contributed by atoms with Gasteiger partial charge in [-0.1, -0.05) is 42.0 Å². The lowest BCUT2D eigenvalue weighted by Gasteiger charge is -2.29. The van der Waals surface area contributed by atoms with Crippen molar-refractivity contribution < 1.29 is 9.90 Å². The lowest BCUT2D eigenvalue weighted by molar-refractivity contribution is -0.115. The number of aryl methyl sites for hydroxylation is 2. The zero-order valence-corrected chi connectivity index (χ0v) is 13.3. The normalized spacial score (nSPS) is 19.4. The molecule has 0 fully saturated rings. The molecule has 4 nitrogen and oxygen atoms in total. The molecule has 0 saturated heterocycles. The first-order valence-corrected chi connectivity index (χ1v) is 7.94. The molecule has 1 atom stereocenters. The smallest absolute Gasteiger partial charge is 0.238 e. The van der Waals surface area contributed by atoms with Crippen molar-refractivity contribution in [3.8, 4) is 0 Å². The Kier molecular flexibility index (Phi) is 4.46. The van der Waals surface area contributed by atoms with Crippen molar-refractivity contribution >= 4 is 11.6 Å². The minimum Gasteiger partial charge on any atom is -0.394 e. The maximum absolute atomic E-state index is 12.2. The maximum atomic E-state index is 12.2. The molecule has 4 heteroatoms. The topological polar surface area (TPSA) is 61.4 Å². The molecular weight excluding hydrogens is 288 g/mol. The number of rotatable bonds is 5. The molecule has 120 valence electrons. The molecule has 2 aromatic rings. The first-order valence-electron chi connectivity index (χ1n) is 7.94. The van der Waals surface area contributed by atoms with Crippen LogP contribution in [0.4, 0.5) is 5.69 Å². The van der Waals surface area contributed by atoms with Crippen LogP contribution in [0.2, 0.25) is 0 Å². The fraction of sp³-hybridized carbons (Fsp3) is 0.316. The van der Waals surface area contributed by atoms with Gasteiger partial charge in [-0.15, -0.1) is 0 Å². The van der Waals surface area contributed by atoms with Crippen molar-refractivity contribution in [1.82, 2.24) is 5.32 Å². The van der Waals surface area contributed by atoms with Crippen molar-refractivity contribution in [2.75, 3.05) is 18.5 Å². The lowest BCUT2D eigenvalue weighted by Crippen LogP contribution is -2.47. The molecule has 0 radical (unpaired) electrons. The molecule has 0 aliphatic heterocycles. The van der Waals surface area contributed by atoms with Crippen LogP contribution in [0.25, 0.3) is 0 Å². The summed E-state index contributed by atoms with van der Waals surface area (Å²) in [5, 5.41) is 16.0. The molecule has 1 aliphatic rings. The summed E-state index contributed by atoms with van der Waals surface area (Å²) in [6.45, 7) is 2.17. The number of hydrogen-bond acceptors (Lipinski definition) is 3. The fourth-order valence-electron chi connectivity index (χ4n) is 3.18. The highest BCUT2D eigenvalue weighted by Gasteiger charge is 2.37. The lowest BCUT2D eigenvalue weighted by atomic mass is 9.92. The molecule has 1 amide bonds. The van der Waals surface area contributed by atoms with Gasteiger partial charge < -0.3 is 10.4 Å². The predicted octanol–water partition coefficient (Wildman–Crippen LogP) is 2.36. The number of aliphatic hydroxyl groups excluding tert-OH is 1. The maximum Gasteiger partial charge on any atom is 0.238 e. The minimum atomic E-state index is -0.513. The monoisotopic (exact) mass is 310 g/mol. The van der Waals surface area contributed by atoms with Gasteiger partial charge >= 0.3 is 0 Å². The summed E-state index contributed by atoms with van der Waals surface area (Å²) >= 11 is 0. The van der Waals surface area contributed by atoms with Crippen molar-refractivity contribution in [3.05, 3.63) is 65.2 Å². The van der Waals surface area contributed by atoms with Crippen molar-refractivity contribution in [2.45, 2.75) is 25.3 Å². The quantitative estimate of drug-likeness (QED) is 0.794. The Bertz CT molecular complexity index is 697. The zero-order valence-electron chi connectivity index (χ0n) is 13.3. The second-order valence-electron chi connectivity index (χ2n) is 6.17. The summed E-state index contributed by atoms with van der Waals surface area (Å²) in [4.78, 5) is 12.2. The Morgan fingerprint density at radius 2 is 1.91 bits per heavy atom. The number of carbonyl (C=O) groups excluding carboxylic acids is 1. The highest BCUT2D eigenvalue weighted by Crippen LogP contribution is 2.36. The van der Waals surface area contributed by atoms with Gasteiger partial charge in [-0.05, 0) is 43.0 Å². The highest BCUT2D eigenvalue weighted by molar-refractivity contribution is 5.92. The zero-order chi connectivity index (χ0) is 16.3. The summed E-state index contributed by atoms with van der Waals surface area (Å²) in [6, 6.07) is 15.8. The molecule has 0 aromatic heterocycles. The van der Waals surface area contributed by atoms with E-state index in [0.717, 1.165) is 29.7 Å². The second-order valence-corrected chi connectivity index (χ2v) is 6.17. The van der Waals surface area contributed by atoms with Crippen LogP contribution >= 0.6 is 0 Å². The minimum absolute atomic E-state index is 0.0121. The summed E-state index contributed by atoms with van der Waals surface area (Å²) in [5.41, 5.74) is 3.77. The largest absolute Gasteiger partial charge is 0.394 e. The molecular formula is C19H22N2O2. The van der Waals surface area contributed by atoms with Crippen LogP contribution in [0.5, 0.6) is 0 Å². The van der Waals surface area contributed by atoms with Gasteiger partial charge in [-0.3, -0.25) is 10.1 Å². The predicted molar refractivity (Wildman–Crippen MR) is 91.3 cm³/mol. The number of carbonyl (C=O) groups is 1. The third-order valence-corrected chi connectivity index (χ3v) is 4.55. The summed E-state index contributed by atoms with van der Waals surface area (Å²) in [7, 11) is 0. The first-order chi connectivity index (χ1) is 11.1. The van der Waals surface area contributed by atoms with Crippen LogP contribution in [0, 0.1) is 6.92 Å². The van der Waals surface area contributed by atoms with E-state index in [2.05, 4.69) is 16.7 Å². The Morgan fingerprint density at radius 3 is 2.65 bits per heavy atom. The van der Waals surface area contributed by atoms with E-state index < -0.39 is 5.54 Å². The van der Waals surface area contributed by atoms with Gasteiger partial charge in [-0.25, -0.2) is 0 Å². The number of nitrogens with one attached hydrogen (secondary N) is 2. The number of amides is 1. The van der Waals surface area contributed by atoms with Crippen molar-refractivity contribution in [1.29, 1.82) is 0 Å². The molecule has 0 spiro atoms. The van der Waals surface area contributed by atoms with Crippen LogP contribution in [0.1, 0.15) is 23.1 Å². The molecule has 0 saturated carbocycles. The van der Waals surface area contributed by atoms with Gasteiger partial charge in [0.1, 0.15) is 0 Å². The fourth-order valence-corrected chi connectivity index (χ4v) is 3.18. The molecule has 0 heterocycles. The summed E-state index contributed by atoms with van der Waals surface area (Å²) < 4.78 is 0. The van der Waals surface area contributed by atoms with Gasteiger partial charge in [0.15, 0.2) is 0 Å². The van der Waals surface area contributed by atoms with Gasteiger partial charge in [0.25, 0.3) is 0 Å². The van der Waals surface area contributed by atoms with E-state index in [1.165, 1.54) is 5.56 Å². The Hall–Kier alpha value is -2.17. The number of aliphatic hydroxyl groups is 1. The molecule has 1 aliphatic carbocycles. The van der Waals surface area contributed by atoms with Crippen LogP contribution in [-0.4, -0.2) is 24.2 Å². The summed E-state index contributed by atoms with van der Waals surface area (Å²) in [6.07, 6.45) is 1.73. The summed E-state index contributed by atoms with van der Waals surface area (Å²) in [5.74, 6) is -0.106. The molecule has 23 heavy (non-hydrogen) atoms. The molecule has 3 rings (SSSR count). The van der Waals surface area contributed by atoms with Crippen molar-refractivity contribution in [2.24, 2.45) is 0 Å². The van der Waals surface area contributed by atoms with E-state index in [9.17, 15) is 9.90 Å². The number of hydrogen-bond donors (Lipinski definition) is 3. The number of anilines is 1. The van der Waals surface area contributed by atoms with Crippen LogP contribution in [-0.2, 0) is 16.8 Å². The third kappa shape index (κ3) is 3.28. The highest BCUT2D eigenvalue weighted by atomic mass is 16.3. The average molecular weight is 310 g/mol. The van der Waals surface area contributed by atoms with E-state index in [0.29, 0.717) is 0 Å². The molecule has 0 bridgehead atoms. The molecule has 2 aromatic carbocycles. The van der Waals surface area contributed by atoms with Crippen LogP contribution < -0.4 is 10.6 Å². The third-order valence-electron chi connectivity index (χ3n) is 4.55. The standard InChI is InChI=1S/C19H22N2O2/c1-14-6-8-16(9-7-14)21-18(23)12-20-19(13-22)11-10-15-4-2-3-5-17(15)19/h2-9,20,22H,10-13H2,1H3,(H,21,23). The van der Waals surface area contributed by atoms with E-state index in [4.69, 9.17) is 0 Å². The van der Waals surface area contributed by atoms with E-state index in [1.807, 2.05) is 49.4 Å². The Morgan fingerprint density at radius 1 is 1.17 bits per heavy atom. The van der Waals surface area contributed by atoms with Gasteiger partial charge in [-0.2, -0.15) is 0 Å². The van der Waals surface area contributed by atoms with Gasteiger partial charge in [0, 0.05) is 5.69 Å². The van der Waals surface area contributed by atoms with Crippen molar-refractivity contribution in [3.63, 3.8) is 0 Å². The second kappa shape index (κ2) is 6.52. The van der Waals surface area contributed by atoms with Gasteiger partial charge in [0.05, 0.1) is 18.7 Å².